The predicted molar refractivity (Wildman–Crippen MR) is 88.5 cm³/mol. The van der Waals surface area contributed by atoms with Crippen LogP contribution in [0, 0.1) is 13.8 Å². The molecule has 0 spiro atoms. The molecule has 1 saturated heterocycles. The van der Waals surface area contributed by atoms with Gasteiger partial charge in [-0.25, -0.2) is 0 Å². The van der Waals surface area contributed by atoms with E-state index in [1.54, 1.807) is 0 Å². The van der Waals surface area contributed by atoms with Crippen molar-refractivity contribution in [2.24, 2.45) is 5.73 Å². The Kier molecular flexibility index (Phi) is 4.48. The molecule has 2 N–H and O–H groups in total. The average Bonchev–Trinajstić information content (AvgIpc) is 2.30. The van der Waals surface area contributed by atoms with Gasteiger partial charge in [0.2, 0.25) is 0 Å². The van der Waals surface area contributed by atoms with Gasteiger partial charge in [-0.05, 0) is 52.7 Å². The molecule has 1 fully saturated rings. The Labute approximate surface area is 129 Å². The largest absolute Gasteiger partial charge is 0.367 e. The molecule has 0 saturated carbocycles. The molecule has 0 radical (unpaired) electrons. The van der Waals surface area contributed by atoms with Crippen molar-refractivity contribution >= 4 is 0 Å². The molecule has 3 heteroatoms. The molecule has 1 aliphatic heterocycles. The number of hydrogen-bond donors (Lipinski definition) is 1. The van der Waals surface area contributed by atoms with Gasteiger partial charge in [0.05, 0.1) is 11.2 Å². The van der Waals surface area contributed by atoms with Crippen LogP contribution in [-0.4, -0.2) is 35.7 Å². The third-order valence-corrected chi connectivity index (χ3v) is 4.18. The number of ether oxygens (including phenoxy) is 1. The van der Waals surface area contributed by atoms with E-state index in [1.165, 1.54) is 16.7 Å². The van der Waals surface area contributed by atoms with Gasteiger partial charge in [0, 0.05) is 25.7 Å². The van der Waals surface area contributed by atoms with Crippen molar-refractivity contribution in [2.45, 2.75) is 58.8 Å². The number of morpholine rings is 1. The van der Waals surface area contributed by atoms with Crippen LogP contribution in [0.5, 0.6) is 0 Å². The van der Waals surface area contributed by atoms with Gasteiger partial charge < -0.3 is 10.5 Å². The second-order valence-corrected chi connectivity index (χ2v) is 7.64. The quantitative estimate of drug-likeness (QED) is 0.929. The highest BCUT2D eigenvalue weighted by molar-refractivity contribution is 5.33. The van der Waals surface area contributed by atoms with Crippen LogP contribution < -0.4 is 5.73 Å². The molecule has 1 aromatic rings. The molecule has 0 aromatic heterocycles. The van der Waals surface area contributed by atoms with Gasteiger partial charge in [-0.2, -0.15) is 0 Å². The minimum Gasteiger partial charge on any atom is -0.367 e. The minimum atomic E-state index is -0.146. The lowest BCUT2D eigenvalue weighted by molar-refractivity contribution is -0.187. The summed E-state index contributed by atoms with van der Waals surface area (Å²) < 4.78 is 6.19. The maximum atomic E-state index is 6.19. The summed E-state index contributed by atoms with van der Waals surface area (Å²) in [7, 11) is 0. The molecule has 0 amide bonds. The van der Waals surface area contributed by atoms with E-state index in [0.717, 1.165) is 13.1 Å². The Morgan fingerprint density at radius 1 is 1.14 bits per heavy atom. The van der Waals surface area contributed by atoms with Gasteiger partial charge in [-0.1, -0.05) is 23.8 Å². The van der Waals surface area contributed by atoms with Gasteiger partial charge in [-0.15, -0.1) is 0 Å². The SMILES string of the molecule is Cc1ccc(C)c(C(CN)N2CC(C)(C)OC(C)(C)C2)c1. The first-order valence-electron chi connectivity index (χ1n) is 7.85. The summed E-state index contributed by atoms with van der Waals surface area (Å²) in [4.78, 5) is 2.49. The van der Waals surface area contributed by atoms with Gasteiger partial charge in [0.15, 0.2) is 0 Å². The number of aryl methyl sites for hydroxylation is 2. The van der Waals surface area contributed by atoms with Crippen molar-refractivity contribution in [2.75, 3.05) is 19.6 Å². The smallest absolute Gasteiger partial charge is 0.0761 e. The first kappa shape index (κ1) is 16.5. The highest BCUT2D eigenvalue weighted by Crippen LogP contribution is 2.34. The first-order valence-corrected chi connectivity index (χ1v) is 7.85. The van der Waals surface area contributed by atoms with Crippen LogP contribution >= 0.6 is 0 Å². The van der Waals surface area contributed by atoms with E-state index in [1.807, 2.05) is 0 Å². The average molecular weight is 290 g/mol. The van der Waals surface area contributed by atoms with E-state index in [-0.39, 0.29) is 17.2 Å². The summed E-state index contributed by atoms with van der Waals surface area (Å²) >= 11 is 0. The molecule has 2 rings (SSSR count). The summed E-state index contributed by atoms with van der Waals surface area (Å²) in [5.41, 5.74) is 9.82. The first-order chi connectivity index (χ1) is 9.63. The van der Waals surface area contributed by atoms with Crippen LogP contribution in [0.1, 0.15) is 50.4 Å². The molecule has 21 heavy (non-hydrogen) atoms. The number of rotatable bonds is 3. The zero-order valence-electron chi connectivity index (χ0n) is 14.4. The van der Waals surface area contributed by atoms with Crippen LogP contribution in [0.3, 0.4) is 0 Å². The highest BCUT2D eigenvalue weighted by atomic mass is 16.5. The third kappa shape index (κ3) is 3.85. The second-order valence-electron chi connectivity index (χ2n) is 7.64. The Morgan fingerprint density at radius 3 is 2.24 bits per heavy atom. The summed E-state index contributed by atoms with van der Waals surface area (Å²) in [5.74, 6) is 0. The van der Waals surface area contributed by atoms with E-state index >= 15 is 0 Å². The summed E-state index contributed by atoms with van der Waals surface area (Å²) in [6.45, 7) is 15.4. The maximum absolute atomic E-state index is 6.19. The lowest BCUT2D eigenvalue weighted by atomic mass is 9.92. The number of nitrogens with zero attached hydrogens (tertiary/aromatic N) is 1. The molecular weight excluding hydrogens is 260 g/mol. The number of hydrogen-bond acceptors (Lipinski definition) is 3. The van der Waals surface area contributed by atoms with Crippen LogP contribution in [0.4, 0.5) is 0 Å². The summed E-state index contributed by atoms with van der Waals surface area (Å²) in [6.07, 6.45) is 0. The fourth-order valence-electron chi connectivity index (χ4n) is 3.66. The fraction of sp³-hybridized carbons (Fsp3) is 0.667. The molecule has 118 valence electrons. The summed E-state index contributed by atoms with van der Waals surface area (Å²) in [5, 5.41) is 0. The molecule has 1 unspecified atom stereocenters. The molecule has 3 nitrogen and oxygen atoms in total. The molecule has 1 aliphatic rings. The van der Waals surface area contributed by atoms with E-state index in [9.17, 15) is 0 Å². The van der Waals surface area contributed by atoms with Crippen LogP contribution in [0.15, 0.2) is 18.2 Å². The van der Waals surface area contributed by atoms with E-state index < -0.39 is 0 Å². The number of nitrogens with two attached hydrogens (primary N) is 1. The van der Waals surface area contributed by atoms with Gasteiger partial charge in [-0.3, -0.25) is 4.90 Å². The fourth-order valence-corrected chi connectivity index (χ4v) is 3.66. The van der Waals surface area contributed by atoms with Crippen molar-refractivity contribution in [1.29, 1.82) is 0 Å². The molecule has 0 aliphatic carbocycles. The van der Waals surface area contributed by atoms with Crippen LogP contribution in [0.25, 0.3) is 0 Å². The Balaban J connectivity index is 2.34. The van der Waals surface area contributed by atoms with Crippen molar-refractivity contribution in [3.8, 4) is 0 Å². The third-order valence-electron chi connectivity index (χ3n) is 4.18. The highest BCUT2D eigenvalue weighted by Gasteiger charge is 2.40. The molecule has 0 bridgehead atoms. The van der Waals surface area contributed by atoms with Crippen LogP contribution in [-0.2, 0) is 4.74 Å². The normalized spacial score (nSPS) is 23.0. The van der Waals surface area contributed by atoms with Gasteiger partial charge in [0.1, 0.15) is 0 Å². The van der Waals surface area contributed by atoms with Crippen molar-refractivity contribution in [3.63, 3.8) is 0 Å². The standard InChI is InChI=1S/C18H30N2O/c1-13-7-8-14(2)15(9-13)16(10-19)20-11-17(3,4)21-18(5,6)12-20/h7-9,16H,10-12,19H2,1-6H3. The van der Waals surface area contributed by atoms with Crippen molar-refractivity contribution in [1.82, 2.24) is 4.90 Å². The molecule has 1 heterocycles. The monoisotopic (exact) mass is 290 g/mol. The molecular formula is C18H30N2O. The lowest BCUT2D eigenvalue weighted by Crippen LogP contribution is -2.58. The van der Waals surface area contributed by atoms with E-state index in [0.29, 0.717) is 6.54 Å². The minimum absolute atomic E-state index is 0.146. The Bertz CT molecular complexity index is 492. The van der Waals surface area contributed by atoms with E-state index in [2.05, 4.69) is 64.6 Å². The van der Waals surface area contributed by atoms with Crippen molar-refractivity contribution < 1.29 is 4.74 Å². The van der Waals surface area contributed by atoms with Gasteiger partial charge >= 0.3 is 0 Å². The zero-order chi connectivity index (χ0) is 15.8. The Morgan fingerprint density at radius 2 is 1.71 bits per heavy atom. The van der Waals surface area contributed by atoms with Crippen molar-refractivity contribution in [3.05, 3.63) is 34.9 Å². The number of benzene rings is 1. The second kappa shape index (κ2) is 5.71. The lowest BCUT2D eigenvalue weighted by Gasteiger charge is -2.49. The van der Waals surface area contributed by atoms with E-state index in [4.69, 9.17) is 10.5 Å². The summed E-state index contributed by atoms with van der Waals surface area (Å²) in [6, 6.07) is 6.90. The topological polar surface area (TPSA) is 38.5 Å². The van der Waals surface area contributed by atoms with Crippen LogP contribution in [0.2, 0.25) is 0 Å². The maximum Gasteiger partial charge on any atom is 0.0761 e. The van der Waals surface area contributed by atoms with Gasteiger partial charge in [0.25, 0.3) is 0 Å². The predicted octanol–water partition coefficient (Wildman–Crippen LogP) is 3.19. The zero-order valence-corrected chi connectivity index (χ0v) is 14.4. The molecule has 1 atom stereocenters. The molecule has 1 aromatic carbocycles. The Hall–Kier alpha value is -0.900.